The summed E-state index contributed by atoms with van der Waals surface area (Å²) in [7, 11) is 1.65. The SMILES string of the molecule is COc1cccc(C(Br)c2cc3[nH]c(=O)[nH]c3cc2Br)c1. The third kappa shape index (κ3) is 2.78. The van der Waals surface area contributed by atoms with Gasteiger partial charge >= 0.3 is 5.69 Å². The molecule has 3 aromatic rings. The first-order valence-corrected chi connectivity index (χ1v) is 7.99. The summed E-state index contributed by atoms with van der Waals surface area (Å²) >= 11 is 7.28. The van der Waals surface area contributed by atoms with Gasteiger partial charge in [-0.15, -0.1) is 0 Å². The smallest absolute Gasteiger partial charge is 0.323 e. The molecule has 4 nitrogen and oxygen atoms in total. The number of imidazole rings is 1. The minimum atomic E-state index is -0.207. The van der Waals surface area contributed by atoms with E-state index in [0.29, 0.717) is 0 Å². The van der Waals surface area contributed by atoms with Gasteiger partial charge in [-0.05, 0) is 35.4 Å². The van der Waals surface area contributed by atoms with E-state index in [-0.39, 0.29) is 10.5 Å². The van der Waals surface area contributed by atoms with Gasteiger partial charge in [0.2, 0.25) is 0 Å². The predicted molar refractivity (Wildman–Crippen MR) is 90.4 cm³/mol. The summed E-state index contributed by atoms with van der Waals surface area (Å²) < 4.78 is 6.19. The van der Waals surface area contributed by atoms with Crippen LogP contribution in [-0.4, -0.2) is 17.1 Å². The molecular formula is C15H12Br2N2O2. The Morgan fingerprint density at radius 2 is 1.86 bits per heavy atom. The van der Waals surface area contributed by atoms with E-state index >= 15 is 0 Å². The van der Waals surface area contributed by atoms with Crippen molar-refractivity contribution in [3.63, 3.8) is 0 Å². The van der Waals surface area contributed by atoms with Crippen molar-refractivity contribution in [3.8, 4) is 5.75 Å². The molecule has 2 aromatic carbocycles. The summed E-state index contributed by atoms with van der Waals surface area (Å²) in [4.78, 5) is 16.9. The molecule has 2 N–H and O–H groups in total. The molecule has 1 heterocycles. The third-order valence-electron chi connectivity index (χ3n) is 3.29. The Balaban J connectivity index is 2.09. The van der Waals surface area contributed by atoms with E-state index in [1.165, 1.54) is 0 Å². The summed E-state index contributed by atoms with van der Waals surface area (Å²) in [6, 6.07) is 11.7. The number of methoxy groups -OCH3 is 1. The largest absolute Gasteiger partial charge is 0.497 e. The Morgan fingerprint density at radius 3 is 2.57 bits per heavy atom. The molecular weight excluding hydrogens is 400 g/mol. The van der Waals surface area contributed by atoms with Crippen LogP contribution >= 0.6 is 31.9 Å². The minimum Gasteiger partial charge on any atom is -0.497 e. The van der Waals surface area contributed by atoms with E-state index in [4.69, 9.17) is 4.74 Å². The lowest BCUT2D eigenvalue weighted by Crippen LogP contribution is -1.99. The second kappa shape index (κ2) is 5.69. The number of halogens is 2. The fourth-order valence-electron chi connectivity index (χ4n) is 2.25. The highest BCUT2D eigenvalue weighted by Crippen LogP contribution is 2.37. The summed E-state index contributed by atoms with van der Waals surface area (Å²) in [6.07, 6.45) is 0. The Labute approximate surface area is 137 Å². The van der Waals surface area contributed by atoms with E-state index in [2.05, 4.69) is 41.8 Å². The Morgan fingerprint density at radius 1 is 1.14 bits per heavy atom. The second-order valence-corrected chi connectivity index (χ2v) is 6.41. The van der Waals surface area contributed by atoms with Crippen molar-refractivity contribution in [2.24, 2.45) is 0 Å². The van der Waals surface area contributed by atoms with Gasteiger partial charge in [-0.2, -0.15) is 0 Å². The van der Waals surface area contributed by atoms with Crippen molar-refractivity contribution in [2.75, 3.05) is 7.11 Å². The van der Waals surface area contributed by atoms with Crippen LogP contribution in [0.1, 0.15) is 16.0 Å². The van der Waals surface area contributed by atoms with Crippen LogP contribution in [0.4, 0.5) is 0 Å². The number of rotatable bonds is 3. The van der Waals surface area contributed by atoms with Crippen molar-refractivity contribution in [1.29, 1.82) is 0 Å². The van der Waals surface area contributed by atoms with Crippen molar-refractivity contribution < 1.29 is 4.74 Å². The topological polar surface area (TPSA) is 57.9 Å². The highest BCUT2D eigenvalue weighted by molar-refractivity contribution is 9.11. The van der Waals surface area contributed by atoms with Crippen molar-refractivity contribution in [3.05, 3.63) is 62.5 Å². The Bertz CT molecular complexity index is 854. The zero-order valence-corrected chi connectivity index (χ0v) is 14.3. The van der Waals surface area contributed by atoms with Crippen LogP contribution < -0.4 is 10.4 Å². The lowest BCUT2D eigenvalue weighted by molar-refractivity contribution is 0.414. The van der Waals surface area contributed by atoms with E-state index in [9.17, 15) is 4.79 Å². The first-order chi connectivity index (χ1) is 10.1. The maximum Gasteiger partial charge on any atom is 0.323 e. The number of benzene rings is 2. The summed E-state index contributed by atoms with van der Waals surface area (Å²) in [5, 5.41) is 0. The normalized spacial score (nSPS) is 12.5. The highest BCUT2D eigenvalue weighted by Gasteiger charge is 2.16. The number of aromatic amines is 2. The molecule has 0 aliphatic heterocycles. The van der Waals surface area contributed by atoms with Gasteiger partial charge in [-0.25, -0.2) is 4.79 Å². The molecule has 0 saturated heterocycles. The molecule has 6 heteroatoms. The van der Waals surface area contributed by atoms with Gasteiger partial charge in [-0.3, -0.25) is 0 Å². The van der Waals surface area contributed by atoms with Crippen molar-refractivity contribution in [1.82, 2.24) is 9.97 Å². The van der Waals surface area contributed by atoms with E-state index in [1.54, 1.807) is 7.11 Å². The first-order valence-electron chi connectivity index (χ1n) is 6.28. The maximum absolute atomic E-state index is 11.4. The van der Waals surface area contributed by atoms with Gasteiger partial charge in [0.15, 0.2) is 0 Å². The van der Waals surface area contributed by atoms with Crippen molar-refractivity contribution in [2.45, 2.75) is 4.83 Å². The third-order valence-corrected chi connectivity index (χ3v) is 5.00. The van der Waals surface area contributed by atoms with Crippen LogP contribution in [0.2, 0.25) is 0 Å². The average Bonchev–Trinajstić information content (AvgIpc) is 2.84. The number of hydrogen-bond donors (Lipinski definition) is 2. The fraction of sp³-hybridized carbons (Fsp3) is 0.133. The number of aromatic nitrogens is 2. The molecule has 0 fully saturated rings. The number of hydrogen-bond acceptors (Lipinski definition) is 2. The van der Waals surface area contributed by atoms with Crippen LogP contribution in [0.15, 0.2) is 45.7 Å². The molecule has 0 saturated carbocycles. The van der Waals surface area contributed by atoms with Crippen LogP contribution in [-0.2, 0) is 0 Å². The first kappa shape index (κ1) is 14.4. The quantitative estimate of drug-likeness (QED) is 0.637. The van der Waals surface area contributed by atoms with Gasteiger partial charge in [-0.1, -0.05) is 44.0 Å². The van der Waals surface area contributed by atoms with Gasteiger partial charge in [0.05, 0.1) is 23.0 Å². The summed E-state index contributed by atoms with van der Waals surface area (Å²) in [5.41, 5.74) is 3.46. The number of ether oxygens (including phenoxy) is 1. The summed E-state index contributed by atoms with van der Waals surface area (Å²) in [5.74, 6) is 0.809. The molecule has 21 heavy (non-hydrogen) atoms. The average molecular weight is 412 g/mol. The van der Waals surface area contributed by atoms with Gasteiger partial charge in [0.1, 0.15) is 5.75 Å². The van der Waals surface area contributed by atoms with Crippen LogP contribution in [0.3, 0.4) is 0 Å². The molecule has 0 amide bonds. The lowest BCUT2D eigenvalue weighted by atomic mass is 10.0. The lowest BCUT2D eigenvalue weighted by Gasteiger charge is -2.14. The van der Waals surface area contributed by atoms with Crippen LogP contribution in [0, 0.1) is 0 Å². The van der Waals surface area contributed by atoms with E-state index < -0.39 is 0 Å². The van der Waals surface area contributed by atoms with Crippen LogP contribution in [0.25, 0.3) is 11.0 Å². The molecule has 0 bridgehead atoms. The van der Waals surface area contributed by atoms with E-state index in [1.807, 2.05) is 36.4 Å². The number of nitrogens with one attached hydrogen (secondary N) is 2. The van der Waals surface area contributed by atoms with Gasteiger partial charge < -0.3 is 14.7 Å². The van der Waals surface area contributed by atoms with E-state index in [0.717, 1.165) is 32.4 Å². The second-order valence-electron chi connectivity index (χ2n) is 4.64. The number of fused-ring (bicyclic) bond motifs is 1. The standard InChI is InChI=1S/C15H12Br2N2O2/c1-21-9-4-2-3-8(5-9)14(17)10-6-12-13(7-11(10)16)19-15(20)18-12/h2-7,14H,1H3,(H2,18,19,20). The molecule has 108 valence electrons. The minimum absolute atomic E-state index is 0.00947. The molecule has 3 rings (SSSR count). The molecule has 1 atom stereocenters. The van der Waals surface area contributed by atoms with Crippen LogP contribution in [0.5, 0.6) is 5.75 Å². The van der Waals surface area contributed by atoms with Gasteiger partial charge in [0.25, 0.3) is 0 Å². The molecule has 1 aromatic heterocycles. The highest BCUT2D eigenvalue weighted by atomic mass is 79.9. The number of alkyl halides is 1. The molecule has 0 aliphatic rings. The number of H-pyrrole nitrogens is 2. The zero-order valence-electron chi connectivity index (χ0n) is 11.1. The molecule has 0 radical (unpaired) electrons. The summed E-state index contributed by atoms with van der Waals surface area (Å²) in [6.45, 7) is 0. The van der Waals surface area contributed by atoms with Gasteiger partial charge in [0, 0.05) is 4.47 Å². The molecule has 1 unspecified atom stereocenters. The molecule has 0 spiro atoms. The Hall–Kier alpha value is -1.53. The fourth-order valence-corrected chi connectivity index (χ4v) is 3.79. The zero-order chi connectivity index (χ0) is 15.0. The molecule has 0 aliphatic carbocycles. The predicted octanol–water partition coefficient (Wildman–Crippen LogP) is 4.11. The maximum atomic E-state index is 11.4. The monoisotopic (exact) mass is 410 g/mol. The van der Waals surface area contributed by atoms with Crippen molar-refractivity contribution >= 4 is 42.9 Å². The Kier molecular flexibility index (Phi) is 3.91.